The van der Waals surface area contributed by atoms with Crippen LogP contribution in [0.25, 0.3) is 0 Å². The lowest BCUT2D eigenvalue weighted by Crippen LogP contribution is -2.44. The molecule has 1 atom stereocenters. The van der Waals surface area contributed by atoms with Gasteiger partial charge in [0.15, 0.2) is 0 Å². The van der Waals surface area contributed by atoms with Gasteiger partial charge in [-0.15, -0.1) is 0 Å². The number of amides is 2. The van der Waals surface area contributed by atoms with Gasteiger partial charge in [-0.2, -0.15) is 0 Å². The van der Waals surface area contributed by atoms with Gasteiger partial charge in [0, 0.05) is 13.5 Å². The van der Waals surface area contributed by atoms with Crippen LogP contribution in [-0.2, 0) is 9.59 Å². The van der Waals surface area contributed by atoms with E-state index in [1.807, 2.05) is 0 Å². The van der Waals surface area contributed by atoms with Crippen LogP contribution in [0.2, 0.25) is 0 Å². The van der Waals surface area contributed by atoms with Crippen molar-refractivity contribution in [2.75, 3.05) is 6.54 Å². The number of hydrogen-bond donors (Lipinski definition) is 2. The fourth-order valence-electron chi connectivity index (χ4n) is 1.11. The van der Waals surface area contributed by atoms with Gasteiger partial charge < -0.3 is 10.6 Å². The molecule has 0 heterocycles. The van der Waals surface area contributed by atoms with Crippen LogP contribution in [-0.4, -0.2) is 24.4 Å². The smallest absolute Gasteiger partial charge is 0.242 e. The van der Waals surface area contributed by atoms with Gasteiger partial charge in [0.25, 0.3) is 0 Å². The lowest BCUT2D eigenvalue weighted by Gasteiger charge is -2.12. The predicted octanol–water partition coefficient (Wildman–Crippen LogP) is 0.817. The Kier molecular flexibility index (Phi) is 6.80. The van der Waals surface area contributed by atoms with Gasteiger partial charge in [-0.3, -0.25) is 9.59 Å². The third-order valence-electron chi connectivity index (χ3n) is 1.89. The van der Waals surface area contributed by atoms with E-state index in [4.69, 9.17) is 0 Å². The fourth-order valence-corrected chi connectivity index (χ4v) is 1.11. The van der Waals surface area contributed by atoms with Crippen LogP contribution in [0.1, 0.15) is 40.0 Å². The van der Waals surface area contributed by atoms with E-state index < -0.39 is 6.04 Å². The normalized spacial score (nSPS) is 11.9. The average molecular weight is 200 g/mol. The van der Waals surface area contributed by atoms with E-state index in [9.17, 15) is 9.59 Å². The number of nitrogens with one attached hydrogen (secondary N) is 2. The monoisotopic (exact) mass is 200 g/mol. The topological polar surface area (TPSA) is 58.2 Å². The van der Waals surface area contributed by atoms with Crippen molar-refractivity contribution in [1.82, 2.24) is 10.6 Å². The highest BCUT2D eigenvalue weighted by Crippen LogP contribution is 1.91. The molecule has 1 unspecified atom stereocenters. The van der Waals surface area contributed by atoms with E-state index in [1.165, 1.54) is 6.92 Å². The van der Waals surface area contributed by atoms with E-state index in [-0.39, 0.29) is 11.8 Å². The van der Waals surface area contributed by atoms with E-state index in [2.05, 4.69) is 17.6 Å². The third-order valence-corrected chi connectivity index (χ3v) is 1.89. The maximum atomic E-state index is 11.3. The van der Waals surface area contributed by atoms with Crippen LogP contribution in [0.15, 0.2) is 0 Å². The van der Waals surface area contributed by atoms with E-state index >= 15 is 0 Å². The molecule has 0 aromatic carbocycles. The zero-order chi connectivity index (χ0) is 11.0. The Bertz CT molecular complexity index is 193. The Hall–Kier alpha value is -1.06. The number of unbranched alkanes of at least 4 members (excludes halogenated alkanes) is 2. The highest BCUT2D eigenvalue weighted by atomic mass is 16.2. The summed E-state index contributed by atoms with van der Waals surface area (Å²) in [6, 6.07) is -0.436. The van der Waals surface area contributed by atoms with Gasteiger partial charge in [0.05, 0.1) is 0 Å². The molecule has 0 rings (SSSR count). The van der Waals surface area contributed by atoms with Crippen LogP contribution >= 0.6 is 0 Å². The molecule has 0 aliphatic rings. The lowest BCUT2D eigenvalue weighted by atomic mass is 10.2. The minimum absolute atomic E-state index is 0.115. The van der Waals surface area contributed by atoms with Crippen molar-refractivity contribution in [2.24, 2.45) is 0 Å². The molecule has 0 saturated heterocycles. The molecular formula is C10H20N2O2. The highest BCUT2D eigenvalue weighted by Gasteiger charge is 2.11. The summed E-state index contributed by atoms with van der Waals surface area (Å²) in [4.78, 5) is 22.0. The van der Waals surface area contributed by atoms with Crippen LogP contribution in [0.3, 0.4) is 0 Å². The van der Waals surface area contributed by atoms with Crippen molar-refractivity contribution in [1.29, 1.82) is 0 Å². The van der Waals surface area contributed by atoms with Crippen molar-refractivity contribution in [3.63, 3.8) is 0 Å². The Morgan fingerprint density at radius 3 is 2.43 bits per heavy atom. The quantitative estimate of drug-likeness (QED) is 0.624. The van der Waals surface area contributed by atoms with Gasteiger partial charge in [0.1, 0.15) is 6.04 Å². The van der Waals surface area contributed by atoms with Crippen LogP contribution in [0.5, 0.6) is 0 Å². The zero-order valence-corrected chi connectivity index (χ0v) is 9.22. The summed E-state index contributed by atoms with van der Waals surface area (Å²) < 4.78 is 0. The molecule has 0 radical (unpaired) electrons. The van der Waals surface area contributed by atoms with Crippen LogP contribution in [0, 0.1) is 0 Å². The highest BCUT2D eigenvalue weighted by molar-refractivity contribution is 5.86. The number of hydrogen-bond acceptors (Lipinski definition) is 2. The molecule has 0 saturated carbocycles. The van der Waals surface area contributed by atoms with Crippen molar-refractivity contribution in [2.45, 2.75) is 46.1 Å². The third kappa shape index (κ3) is 6.46. The maximum Gasteiger partial charge on any atom is 0.242 e. The largest absolute Gasteiger partial charge is 0.354 e. The van der Waals surface area contributed by atoms with E-state index in [1.54, 1.807) is 6.92 Å². The summed E-state index contributed by atoms with van der Waals surface area (Å²) >= 11 is 0. The standard InChI is InChI=1S/C10H20N2O2/c1-4-5-6-7-11-10(14)8(2)12-9(3)13/h8H,4-7H2,1-3H3,(H,11,14)(H,12,13). The van der Waals surface area contributed by atoms with Gasteiger partial charge >= 0.3 is 0 Å². The lowest BCUT2D eigenvalue weighted by molar-refractivity contribution is -0.127. The molecule has 0 aromatic rings. The SMILES string of the molecule is CCCCCNC(=O)C(C)NC(C)=O. The van der Waals surface area contributed by atoms with Gasteiger partial charge in [-0.25, -0.2) is 0 Å². The summed E-state index contributed by atoms with van der Waals surface area (Å²) in [5.74, 6) is -0.294. The average Bonchev–Trinajstić information content (AvgIpc) is 2.11. The second-order valence-corrected chi connectivity index (χ2v) is 3.42. The molecule has 0 aliphatic heterocycles. The first-order chi connectivity index (χ1) is 6.57. The summed E-state index contributed by atoms with van der Waals surface area (Å²) in [6.07, 6.45) is 3.25. The van der Waals surface area contributed by atoms with Gasteiger partial charge in [-0.1, -0.05) is 19.8 Å². The number of rotatable bonds is 6. The Morgan fingerprint density at radius 2 is 1.93 bits per heavy atom. The second-order valence-electron chi connectivity index (χ2n) is 3.42. The first kappa shape index (κ1) is 12.9. The van der Waals surface area contributed by atoms with Crippen molar-refractivity contribution < 1.29 is 9.59 Å². The molecule has 0 spiro atoms. The van der Waals surface area contributed by atoms with E-state index in [0.29, 0.717) is 6.54 Å². The maximum absolute atomic E-state index is 11.3. The molecular weight excluding hydrogens is 180 g/mol. The Morgan fingerprint density at radius 1 is 1.29 bits per heavy atom. The second kappa shape index (κ2) is 7.35. The Labute approximate surface area is 85.4 Å². The van der Waals surface area contributed by atoms with Gasteiger partial charge in [-0.05, 0) is 13.3 Å². The Balaban J connectivity index is 3.57. The molecule has 4 heteroatoms. The van der Waals surface area contributed by atoms with Crippen LogP contribution in [0.4, 0.5) is 0 Å². The first-order valence-corrected chi connectivity index (χ1v) is 5.12. The molecule has 0 fully saturated rings. The molecule has 4 nitrogen and oxygen atoms in total. The predicted molar refractivity (Wildman–Crippen MR) is 55.8 cm³/mol. The van der Waals surface area contributed by atoms with Gasteiger partial charge in [0.2, 0.25) is 11.8 Å². The summed E-state index contributed by atoms with van der Waals surface area (Å²) in [6.45, 7) is 5.88. The minimum atomic E-state index is -0.436. The summed E-state index contributed by atoms with van der Waals surface area (Å²) in [5.41, 5.74) is 0. The fraction of sp³-hybridized carbons (Fsp3) is 0.800. The molecule has 14 heavy (non-hydrogen) atoms. The molecule has 2 amide bonds. The first-order valence-electron chi connectivity index (χ1n) is 5.12. The number of carbonyl (C=O) groups excluding carboxylic acids is 2. The van der Waals surface area contributed by atoms with Crippen molar-refractivity contribution in [3.05, 3.63) is 0 Å². The summed E-state index contributed by atoms with van der Waals surface area (Å²) in [7, 11) is 0. The van der Waals surface area contributed by atoms with E-state index in [0.717, 1.165) is 19.3 Å². The number of carbonyl (C=O) groups is 2. The van der Waals surface area contributed by atoms with Crippen molar-refractivity contribution >= 4 is 11.8 Å². The molecule has 0 bridgehead atoms. The zero-order valence-electron chi connectivity index (χ0n) is 9.22. The molecule has 2 N–H and O–H groups in total. The molecule has 82 valence electrons. The molecule has 0 aliphatic carbocycles. The van der Waals surface area contributed by atoms with Crippen molar-refractivity contribution in [3.8, 4) is 0 Å². The van der Waals surface area contributed by atoms with Crippen LogP contribution < -0.4 is 10.6 Å². The molecule has 0 aromatic heterocycles. The minimum Gasteiger partial charge on any atom is -0.354 e. The summed E-state index contributed by atoms with van der Waals surface area (Å²) in [5, 5.41) is 5.30.